The molecule has 0 fully saturated rings. The van der Waals surface area contributed by atoms with E-state index in [2.05, 4.69) is 5.32 Å². The van der Waals surface area contributed by atoms with Crippen LogP contribution in [0.1, 0.15) is 16.1 Å². The van der Waals surface area contributed by atoms with Gasteiger partial charge in [-0.05, 0) is 30.3 Å². The molecule has 0 spiro atoms. The molecular weight excluding hydrogens is 257 g/mol. The molecule has 1 aromatic heterocycles. The molecule has 0 saturated carbocycles. The summed E-state index contributed by atoms with van der Waals surface area (Å²) in [5.74, 6) is -0.307. The summed E-state index contributed by atoms with van der Waals surface area (Å²) in [7, 11) is 0. The van der Waals surface area contributed by atoms with Crippen LogP contribution in [0.2, 0.25) is 5.02 Å². The lowest BCUT2D eigenvalue weighted by Crippen LogP contribution is -2.26. The molecule has 1 heterocycles. The highest BCUT2D eigenvalue weighted by molar-refractivity contribution is 6.30. The number of hydrogen-bond donors (Lipinski definition) is 1. The van der Waals surface area contributed by atoms with E-state index in [1.807, 2.05) is 6.07 Å². The van der Waals surface area contributed by atoms with Gasteiger partial charge < -0.3 is 9.73 Å². The second kappa shape index (κ2) is 5.69. The van der Waals surface area contributed by atoms with E-state index < -0.39 is 11.7 Å². The van der Waals surface area contributed by atoms with Crippen molar-refractivity contribution < 1.29 is 13.6 Å². The van der Waals surface area contributed by atoms with Gasteiger partial charge in [-0.15, -0.1) is 0 Å². The van der Waals surface area contributed by atoms with Gasteiger partial charge in [-0.3, -0.25) is 4.79 Å². The Hall–Kier alpha value is -1.81. The number of furan rings is 1. The van der Waals surface area contributed by atoms with Gasteiger partial charge in [-0.25, -0.2) is 4.39 Å². The summed E-state index contributed by atoms with van der Waals surface area (Å²) in [5.41, 5.74) is -0.0538. The van der Waals surface area contributed by atoms with Gasteiger partial charge in [0.2, 0.25) is 0 Å². The fourth-order valence-corrected chi connectivity index (χ4v) is 1.69. The van der Waals surface area contributed by atoms with Crippen LogP contribution in [0.25, 0.3) is 0 Å². The number of benzene rings is 1. The number of amides is 1. The smallest absolute Gasteiger partial charge is 0.254 e. The van der Waals surface area contributed by atoms with E-state index >= 15 is 0 Å². The minimum Gasteiger partial charge on any atom is -0.469 e. The summed E-state index contributed by atoms with van der Waals surface area (Å²) >= 11 is 5.71. The Bertz CT molecular complexity index is 540. The van der Waals surface area contributed by atoms with E-state index in [-0.39, 0.29) is 5.56 Å². The van der Waals surface area contributed by atoms with Crippen LogP contribution in [0.5, 0.6) is 0 Å². The highest BCUT2D eigenvalue weighted by atomic mass is 35.5. The average Bonchev–Trinajstić information content (AvgIpc) is 2.85. The molecule has 0 aliphatic heterocycles. The number of carbonyl (C=O) groups is 1. The summed E-state index contributed by atoms with van der Waals surface area (Å²) in [6.07, 6.45) is 2.12. The molecule has 0 unspecified atom stereocenters. The Morgan fingerprint density at radius 2 is 2.22 bits per heavy atom. The van der Waals surface area contributed by atoms with Crippen molar-refractivity contribution in [3.05, 3.63) is 58.8 Å². The molecule has 1 amide bonds. The first-order valence-corrected chi connectivity index (χ1v) is 5.80. The van der Waals surface area contributed by atoms with Crippen molar-refractivity contribution in [3.8, 4) is 0 Å². The quantitative estimate of drug-likeness (QED) is 0.925. The maximum absolute atomic E-state index is 13.4. The van der Waals surface area contributed by atoms with Crippen LogP contribution in [-0.2, 0) is 6.42 Å². The molecule has 0 aliphatic rings. The third-order valence-corrected chi connectivity index (χ3v) is 2.65. The molecule has 5 heteroatoms. The molecule has 3 nitrogen and oxygen atoms in total. The lowest BCUT2D eigenvalue weighted by molar-refractivity contribution is 0.0949. The van der Waals surface area contributed by atoms with E-state index in [0.29, 0.717) is 18.0 Å². The molecular formula is C13H11ClFNO2. The predicted octanol–water partition coefficient (Wildman–Crippen LogP) is 3.04. The zero-order valence-electron chi connectivity index (χ0n) is 9.45. The van der Waals surface area contributed by atoms with Crippen molar-refractivity contribution in [3.63, 3.8) is 0 Å². The topological polar surface area (TPSA) is 42.2 Å². The number of rotatable bonds is 4. The highest BCUT2D eigenvalue weighted by Crippen LogP contribution is 2.14. The fourth-order valence-electron chi connectivity index (χ4n) is 1.52. The average molecular weight is 268 g/mol. The second-order valence-electron chi connectivity index (χ2n) is 3.71. The number of halogens is 2. The van der Waals surface area contributed by atoms with Gasteiger partial charge in [0.15, 0.2) is 0 Å². The van der Waals surface area contributed by atoms with Crippen LogP contribution in [0.4, 0.5) is 4.39 Å². The van der Waals surface area contributed by atoms with Crippen molar-refractivity contribution in [2.45, 2.75) is 6.42 Å². The van der Waals surface area contributed by atoms with Crippen molar-refractivity contribution >= 4 is 17.5 Å². The zero-order valence-corrected chi connectivity index (χ0v) is 10.2. The molecule has 2 rings (SSSR count). The van der Waals surface area contributed by atoms with Gasteiger partial charge in [0, 0.05) is 18.0 Å². The molecule has 1 N–H and O–H groups in total. The van der Waals surface area contributed by atoms with Crippen LogP contribution in [-0.4, -0.2) is 12.5 Å². The Labute approximate surface area is 109 Å². The fraction of sp³-hybridized carbons (Fsp3) is 0.154. The van der Waals surface area contributed by atoms with E-state index in [4.69, 9.17) is 16.0 Å². The van der Waals surface area contributed by atoms with Crippen LogP contribution < -0.4 is 5.32 Å². The summed E-state index contributed by atoms with van der Waals surface area (Å²) in [5, 5.41) is 2.93. The Morgan fingerprint density at radius 3 is 2.94 bits per heavy atom. The van der Waals surface area contributed by atoms with E-state index in [1.54, 1.807) is 12.3 Å². The summed E-state index contributed by atoms with van der Waals surface area (Å²) in [6.45, 7) is 0.373. The number of hydrogen-bond acceptors (Lipinski definition) is 2. The maximum atomic E-state index is 13.4. The summed E-state index contributed by atoms with van der Waals surface area (Å²) in [4.78, 5) is 11.7. The van der Waals surface area contributed by atoms with E-state index in [0.717, 1.165) is 5.76 Å². The zero-order chi connectivity index (χ0) is 13.0. The standard InChI is InChI=1S/C13H11ClFNO2/c14-9-3-4-12(15)11(8-9)13(17)16-6-5-10-2-1-7-18-10/h1-4,7-8H,5-6H2,(H,16,17). The normalized spacial score (nSPS) is 10.3. The second-order valence-corrected chi connectivity index (χ2v) is 4.15. The molecule has 94 valence electrons. The first-order chi connectivity index (χ1) is 8.66. The first-order valence-electron chi connectivity index (χ1n) is 5.42. The largest absolute Gasteiger partial charge is 0.469 e. The maximum Gasteiger partial charge on any atom is 0.254 e. The molecule has 2 aromatic rings. The first kappa shape index (κ1) is 12.6. The molecule has 0 saturated heterocycles. The third-order valence-electron chi connectivity index (χ3n) is 2.41. The molecule has 18 heavy (non-hydrogen) atoms. The van der Waals surface area contributed by atoms with Gasteiger partial charge in [0.05, 0.1) is 11.8 Å². The Morgan fingerprint density at radius 1 is 1.39 bits per heavy atom. The Balaban J connectivity index is 1.93. The van der Waals surface area contributed by atoms with Gasteiger partial charge in [0.25, 0.3) is 5.91 Å². The van der Waals surface area contributed by atoms with E-state index in [1.165, 1.54) is 18.2 Å². The van der Waals surface area contributed by atoms with Crippen LogP contribution >= 0.6 is 11.6 Å². The molecule has 0 atom stereocenters. The minimum absolute atomic E-state index is 0.0538. The lowest BCUT2D eigenvalue weighted by Gasteiger charge is -2.05. The monoisotopic (exact) mass is 267 g/mol. The van der Waals surface area contributed by atoms with Crippen LogP contribution in [0, 0.1) is 5.82 Å². The third kappa shape index (κ3) is 3.11. The molecule has 0 aliphatic carbocycles. The van der Waals surface area contributed by atoms with Crippen LogP contribution in [0.3, 0.4) is 0 Å². The SMILES string of the molecule is O=C(NCCc1ccco1)c1cc(Cl)ccc1F. The van der Waals surface area contributed by atoms with Gasteiger partial charge in [-0.1, -0.05) is 11.6 Å². The summed E-state index contributed by atoms with van der Waals surface area (Å²) in [6, 6.07) is 7.46. The van der Waals surface area contributed by atoms with Crippen molar-refractivity contribution in [1.29, 1.82) is 0 Å². The molecule has 0 bridgehead atoms. The highest BCUT2D eigenvalue weighted by Gasteiger charge is 2.11. The van der Waals surface area contributed by atoms with E-state index in [9.17, 15) is 9.18 Å². The van der Waals surface area contributed by atoms with Gasteiger partial charge in [-0.2, -0.15) is 0 Å². The lowest BCUT2D eigenvalue weighted by atomic mass is 10.2. The molecule has 1 aromatic carbocycles. The number of nitrogens with one attached hydrogen (secondary N) is 1. The van der Waals surface area contributed by atoms with Crippen molar-refractivity contribution in [2.75, 3.05) is 6.54 Å². The molecule has 0 radical (unpaired) electrons. The van der Waals surface area contributed by atoms with Crippen LogP contribution in [0.15, 0.2) is 41.0 Å². The van der Waals surface area contributed by atoms with Gasteiger partial charge >= 0.3 is 0 Å². The van der Waals surface area contributed by atoms with Gasteiger partial charge in [0.1, 0.15) is 11.6 Å². The summed E-state index contributed by atoms with van der Waals surface area (Å²) < 4.78 is 18.5. The Kier molecular flexibility index (Phi) is 3.99. The van der Waals surface area contributed by atoms with Crippen molar-refractivity contribution in [1.82, 2.24) is 5.32 Å². The number of carbonyl (C=O) groups excluding carboxylic acids is 1. The van der Waals surface area contributed by atoms with Crippen molar-refractivity contribution in [2.24, 2.45) is 0 Å². The minimum atomic E-state index is -0.588. The predicted molar refractivity (Wildman–Crippen MR) is 66.2 cm³/mol.